The van der Waals surface area contributed by atoms with Crippen molar-refractivity contribution in [2.45, 2.75) is 65.0 Å². The summed E-state index contributed by atoms with van der Waals surface area (Å²) >= 11 is 0. The molecule has 2 rings (SSSR count). The van der Waals surface area contributed by atoms with Gasteiger partial charge in [0.15, 0.2) is 0 Å². The molecule has 126 valence electrons. The summed E-state index contributed by atoms with van der Waals surface area (Å²) in [6.07, 6.45) is 2.65. The summed E-state index contributed by atoms with van der Waals surface area (Å²) in [4.78, 5) is 2.47. The van der Waals surface area contributed by atoms with Crippen molar-refractivity contribution in [3.05, 3.63) is 35.4 Å². The summed E-state index contributed by atoms with van der Waals surface area (Å²) in [5, 5.41) is 19.8. The topological polar surface area (TPSA) is 47.3 Å². The number of hydrogen-bond donors (Lipinski definition) is 1. The molecule has 1 saturated heterocycles. The first-order chi connectivity index (χ1) is 10.6. The summed E-state index contributed by atoms with van der Waals surface area (Å²) in [6.45, 7) is 12.3. The van der Waals surface area contributed by atoms with Crippen molar-refractivity contribution in [3.8, 4) is 6.07 Å². The van der Waals surface area contributed by atoms with Crippen molar-refractivity contribution in [2.75, 3.05) is 13.1 Å². The van der Waals surface area contributed by atoms with Gasteiger partial charge in [-0.05, 0) is 65.0 Å². The van der Waals surface area contributed by atoms with Gasteiger partial charge in [0.25, 0.3) is 0 Å². The van der Waals surface area contributed by atoms with Crippen molar-refractivity contribution in [3.63, 3.8) is 0 Å². The first kappa shape index (κ1) is 18.0. The van der Waals surface area contributed by atoms with Crippen LogP contribution in [-0.4, -0.2) is 28.6 Å². The highest BCUT2D eigenvalue weighted by molar-refractivity contribution is 5.28. The van der Waals surface area contributed by atoms with E-state index < -0.39 is 5.60 Å². The summed E-state index contributed by atoms with van der Waals surface area (Å²) < 4.78 is 0. The quantitative estimate of drug-likeness (QED) is 0.921. The number of piperidine rings is 1. The van der Waals surface area contributed by atoms with E-state index in [-0.39, 0.29) is 11.0 Å². The zero-order chi connectivity index (χ0) is 17.3. The van der Waals surface area contributed by atoms with Crippen molar-refractivity contribution < 1.29 is 5.11 Å². The zero-order valence-electron chi connectivity index (χ0n) is 15.2. The van der Waals surface area contributed by atoms with E-state index in [1.54, 1.807) is 13.8 Å². The van der Waals surface area contributed by atoms with Crippen LogP contribution in [0.2, 0.25) is 0 Å². The number of likely N-dealkylation sites (tertiary alicyclic amines) is 1. The van der Waals surface area contributed by atoms with Gasteiger partial charge in [-0.1, -0.05) is 24.3 Å². The van der Waals surface area contributed by atoms with Crippen LogP contribution in [0.4, 0.5) is 0 Å². The molecule has 0 aliphatic carbocycles. The van der Waals surface area contributed by atoms with E-state index in [1.165, 1.54) is 5.56 Å². The van der Waals surface area contributed by atoms with Crippen LogP contribution in [0.25, 0.3) is 0 Å². The van der Waals surface area contributed by atoms with E-state index in [4.69, 9.17) is 0 Å². The third-order valence-corrected chi connectivity index (χ3v) is 5.11. The molecule has 0 aromatic heterocycles. The van der Waals surface area contributed by atoms with Crippen LogP contribution in [0.3, 0.4) is 0 Å². The molecule has 0 saturated carbocycles. The lowest BCUT2D eigenvalue weighted by Gasteiger charge is -2.44. The third kappa shape index (κ3) is 4.34. The Balaban J connectivity index is 2.08. The highest BCUT2D eigenvalue weighted by Gasteiger charge is 2.37. The lowest BCUT2D eigenvalue weighted by molar-refractivity contribution is 0.0659. The minimum atomic E-state index is -0.816. The van der Waals surface area contributed by atoms with Crippen molar-refractivity contribution in [1.29, 1.82) is 5.26 Å². The molecule has 1 heterocycles. The van der Waals surface area contributed by atoms with Crippen molar-refractivity contribution in [2.24, 2.45) is 5.41 Å². The first-order valence-electron chi connectivity index (χ1n) is 8.54. The standard InChI is InChI=1S/C20H30N2O/c1-18(2,3)22-12-10-20(15-21,11-13-22)14-16-6-8-17(9-7-16)19(4,5)23/h6-9,23H,10-14H2,1-5H3. The molecule has 1 N–H and O–H groups in total. The summed E-state index contributed by atoms with van der Waals surface area (Å²) in [7, 11) is 0. The molecule has 1 aromatic carbocycles. The Morgan fingerprint density at radius 3 is 2.00 bits per heavy atom. The average Bonchev–Trinajstić information content (AvgIpc) is 2.46. The normalized spacial score (nSPS) is 19.3. The number of nitriles is 1. The average molecular weight is 314 g/mol. The Morgan fingerprint density at radius 2 is 1.61 bits per heavy atom. The molecule has 1 aromatic rings. The fourth-order valence-electron chi connectivity index (χ4n) is 3.35. The maximum absolute atomic E-state index is 10.0. The second-order valence-corrected chi connectivity index (χ2v) is 8.48. The maximum atomic E-state index is 10.0. The van der Waals surface area contributed by atoms with E-state index >= 15 is 0 Å². The Labute approximate surface area is 140 Å². The van der Waals surface area contributed by atoms with E-state index in [0.29, 0.717) is 0 Å². The van der Waals surface area contributed by atoms with Crippen molar-refractivity contribution >= 4 is 0 Å². The van der Waals surface area contributed by atoms with Gasteiger partial charge in [-0.3, -0.25) is 4.90 Å². The van der Waals surface area contributed by atoms with Gasteiger partial charge in [-0.25, -0.2) is 0 Å². The van der Waals surface area contributed by atoms with Gasteiger partial charge >= 0.3 is 0 Å². The maximum Gasteiger partial charge on any atom is 0.0840 e. The van der Waals surface area contributed by atoms with E-state index in [9.17, 15) is 10.4 Å². The Kier molecular flexibility index (Phi) is 4.89. The van der Waals surface area contributed by atoms with Crippen LogP contribution >= 0.6 is 0 Å². The van der Waals surface area contributed by atoms with Crippen LogP contribution in [0.1, 0.15) is 58.6 Å². The molecular weight excluding hydrogens is 284 g/mol. The van der Waals surface area contributed by atoms with Gasteiger partial charge in [0.1, 0.15) is 0 Å². The molecule has 1 aliphatic rings. The molecule has 0 atom stereocenters. The Morgan fingerprint density at radius 1 is 1.09 bits per heavy atom. The zero-order valence-corrected chi connectivity index (χ0v) is 15.2. The molecule has 0 spiro atoms. The van der Waals surface area contributed by atoms with Gasteiger partial charge < -0.3 is 5.11 Å². The fourth-order valence-corrected chi connectivity index (χ4v) is 3.35. The summed E-state index contributed by atoms with van der Waals surface area (Å²) in [5.41, 5.74) is 1.20. The number of hydrogen-bond acceptors (Lipinski definition) is 3. The molecule has 3 nitrogen and oxygen atoms in total. The van der Waals surface area contributed by atoms with Crippen LogP contribution in [0.15, 0.2) is 24.3 Å². The molecule has 0 amide bonds. The number of benzene rings is 1. The van der Waals surface area contributed by atoms with E-state index in [0.717, 1.165) is 37.9 Å². The Hall–Kier alpha value is -1.37. The summed E-state index contributed by atoms with van der Waals surface area (Å²) in [5.74, 6) is 0. The molecule has 0 radical (unpaired) electrons. The second kappa shape index (κ2) is 6.26. The second-order valence-electron chi connectivity index (χ2n) is 8.48. The van der Waals surface area contributed by atoms with Gasteiger partial charge in [-0.2, -0.15) is 5.26 Å². The molecule has 3 heteroatoms. The Bertz CT molecular complexity index is 562. The minimum absolute atomic E-state index is 0.177. The van der Waals surface area contributed by atoms with Gasteiger partial charge in [-0.15, -0.1) is 0 Å². The lowest BCUT2D eigenvalue weighted by Crippen LogP contribution is -2.49. The molecule has 0 bridgehead atoms. The van der Waals surface area contributed by atoms with E-state index in [2.05, 4.69) is 43.9 Å². The predicted octanol–water partition coefficient (Wildman–Crippen LogP) is 3.86. The molecular formula is C20H30N2O. The highest BCUT2D eigenvalue weighted by atomic mass is 16.3. The van der Waals surface area contributed by atoms with Crippen LogP contribution in [-0.2, 0) is 12.0 Å². The van der Waals surface area contributed by atoms with Crippen LogP contribution < -0.4 is 0 Å². The first-order valence-corrected chi connectivity index (χ1v) is 8.54. The summed E-state index contributed by atoms with van der Waals surface area (Å²) in [6, 6.07) is 10.7. The van der Waals surface area contributed by atoms with Crippen LogP contribution in [0.5, 0.6) is 0 Å². The lowest BCUT2D eigenvalue weighted by atomic mass is 9.74. The van der Waals surface area contributed by atoms with Gasteiger partial charge in [0.2, 0.25) is 0 Å². The largest absolute Gasteiger partial charge is 0.386 e. The smallest absolute Gasteiger partial charge is 0.0840 e. The van der Waals surface area contributed by atoms with Gasteiger partial charge in [0.05, 0.1) is 17.1 Å². The monoisotopic (exact) mass is 314 g/mol. The minimum Gasteiger partial charge on any atom is -0.386 e. The molecule has 1 fully saturated rings. The number of aliphatic hydroxyl groups is 1. The SMILES string of the molecule is CC(C)(O)c1ccc(CC2(C#N)CCN(C(C)(C)C)CC2)cc1. The third-order valence-electron chi connectivity index (χ3n) is 5.11. The highest BCUT2D eigenvalue weighted by Crippen LogP contribution is 2.36. The van der Waals surface area contributed by atoms with Crippen molar-refractivity contribution in [1.82, 2.24) is 4.90 Å². The molecule has 1 aliphatic heterocycles. The van der Waals surface area contributed by atoms with Crippen LogP contribution in [0, 0.1) is 16.7 Å². The molecule has 0 unspecified atom stereocenters. The number of nitrogens with zero attached hydrogens (tertiary/aromatic N) is 2. The van der Waals surface area contributed by atoms with Gasteiger partial charge in [0, 0.05) is 18.6 Å². The fraction of sp³-hybridized carbons (Fsp3) is 0.650. The molecule has 23 heavy (non-hydrogen) atoms. The predicted molar refractivity (Wildman–Crippen MR) is 94.0 cm³/mol. The van der Waals surface area contributed by atoms with E-state index in [1.807, 2.05) is 12.1 Å². The number of rotatable bonds is 3.